The molecule has 1 aliphatic heterocycles. The third-order valence-electron chi connectivity index (χ3n) is 3.14. The molecule has 0 aromatic heterocycles. The molecule has 0 bridgehead atoms. The van der Waals surface area contributed by atoms with Gasteiger partial charge in [-0.25, -0.2) is 0 Å². The second-order valence-corrected chi connectivity index (χ2v) is 6.58. The van der Waals surface area contributed by atoms with E-state index in [4.69, 9.17) is 9.05 Å². The Labute approximate surface area is 114 Å². The van der Waals surface area contributed by atoms with Crippen molar-refractivity contribution in [2.75, 3.05) is 32.5 Å². The highest BCUT2D eigenvalue weighted by Gasteiger charge is 2.33. The smallest absolute Gasteiger partial charge is 0.340 e. The molecule has 1 rings (SSSR count). The van der Waals surface area contributed by atoms with E-state index >= 15 is 0 Å². The van der Waals surface area contributed by atoms with Crippen molar-refractivity contribution in [3.05, 3.63) is 0 Å². The summed E-state index contributed by atoms with van der Waals surface area (Å²) in [7, 11) is -3.35. The molecule has 0 saturated carbocycles. The highest BCUT2D eigenvalue weighted by molar-refractivity contribution is 7.54. The minimum absolute atomic E-state index is 0.0562. The second kappa shape index (κ2) is 8.00. The van der Waals surface area contributed by atoms with Gasteiger partial charge in [-0.15, -0.1) is 0 Å². The zero-order valence-corrected chi connectivity index (χ0v) is 12.6. The van der Waals surface area contributed by atoms with Crippen molar-refractivity contribution in [3.63, 3.8) is 0 Å². The summed E-state index contributed by atoms with van der Waals surface area (Å²) < 4.78 is 22.6. The summed E-state index contributed by atoms with van der Waals surface area (Å²) in [6, 6.07) is -0.169. The van der Waals surface area contributed by atoms with Gasteiger partial charge in [0.1, 0.15) is 6.16 Å². The molecule has 0 aromatic rings. The lowest BCUT2D eigenvalue weighted by Crippen LogP contribution is -2.46. The van der Waals surface area contributed by atoms with Crippen LogP contribution in [0.1, 0.15) is 33.1 Å². The van der Waals surface area contributed by atoms with Crippen LogP contribution in [-0.2, 0) is 18.4 Å². The van der Waals surface area contributed by atoms with Crippen molar-refractivity contribution in [2.45, 2.75) is 39.2 Å². The summed E-state index contributed by atoms with van der Waals surface area (Å²) >= 11 is 0. The van der Waals surface area contributed by atoms with E-state index in [1.165, 1.54) is 0 Å². The van der Waals surface area contributed by atoms with Crippen molar-refractivity contribution in [3.8, 4) is 0 Å². The van der Waals surface area contributed by atoms with Gasteiger partial charge < -0.3 is 19.1 Å². The Kier molecular flexibility index (Phi) is 7.00. The molecule has 0 radical (unpaired) electrons. The van der Waals surface area contributed by atoms with Crippen molar-refractivity contribution in [2.24, 2.45) is 0 Å². The van der Waals surface area contributed by atoms with Crippen LogP contribution < -0.4 is 0 Å². The van der Waals surface area contributed by atoms with Crippen LogP contribution in [-0.4, -0.2) is 54.5 Å². The number of aliphatic hydroxyl groups excluding tert-OH is 1. The molecule has 0 aliphatic carbocycles. The minimum Gasteiger partial charge on any atom is -0.394 e. The number of hydrogen-bond donors (Lipinski definition) is 1. The number of carbonyl (C=O) groups excluding carboxylic acids is 1. The maximum absolute atomic E-state index is 12.3. The number of likely N-dealkylation sites (tertiary alicyclic amines) is 1. The van der Waals surface area contributed by atoms with Crippen LogP contribution in [0.3, 0.4) is 0 Å². The van der Waals surface area contributed by atoms with Gasteiger partial charge in [-0.3, -0.25) is 9.36 Å². The van der Waals surface area contributed by atoms with Crippen molar-refractivity contribution >= 4 is 13.5 Å². The average molecular weight is 293 g/mol. The Morgan fingerprint density at radius 2 is 1.95 bits per heavy atom. The van der Waals surface area contributed by atoms with Gasteiger partial charge in [0.05, 0.1) is 25.9 Å². The predicted molar refractivity (Wildman–Crippen MR) is 72.2 cm³/mol. The number of rotatable bonds is 7. The molecule has 1 fully saturated rings. The number of piperidine rings is 1. The summed E-state index contributed by atoms with van der Waals surface area (Å²) in [5.41, 5.74) is 0. The van der Waals surface area contributed by atoms with Crippen molar-refractivity contribution in [1.82, 2.24) is 4.90 Å². The number of hydrogen-bond acceptors (Lipinski definition) is 5. The lowest BCUT2D eigenvalue weighted by atomic mass is 10.0. The van der Waals surface area contributed by atoms with Crippen LogP contribution in [0, 0.1) is 0 Å². The fourth-order valence-corrected chi connectivity index (χ4v) is 3.85. The van der Waals surface area contributed by atoms with Crippen LogP contribution in [0.15, 0.2) is 0 Å². The fourth-order valence-electron chi connectivity index (χ4n) is 2.30. The Balaban J connectivity index is 2.67. The first-order valence-electron chi connectivity index (χ1n) is 6.84. The second-order valence-electron chi connectivity index (χ2n) is 4.52. The maximum Gasteiger partial charge on any atom is 0.340 e. The largest absolute Gasteiger partial charge is 0.394 e. The van der Waals surface area contributed by atoms with Crippen molar-refractivity contribution < 1.29 is 23.5 Å². The summed E-state index contributed by atoms with van der Waals surface area (Å²) in [6.07, 6.45) is 2.46. The van der Waals surface area contributed by atoms with Gasteiger partial charge in [-0.2, -0.15) is 0 Å². The highest BCUT2D eigenvalue weighted by Crippen LogP contribution is 2.48. The van der Waals surface area contributed by atoms with E-state index in [1.807, 2.05) is 0 Å². The molecule has 112 valence electrons. The first kappa shape index (κ1) is 16.6. The first-order valence-corrected chi connectivity index (χ1v) is 8.57. The van der Waals surface area contributed by atoms with Gasteiger partial charge in [0.2, 0.25) is 5.91 Å². The molecule has 1 aliphatic rings. The van der Waals surface area contributed by atoms with Gasteiger partial charge in [0.15, 0.2) is 0 Å². The fraction of sp³-hybridized carbons (Fsp3) is 0.917. The molecule has 6 nitrogen and oxygen atoms in total. The molecular formula is C12H24NO5P. The van der Waals surface area contributed by atoms with Gasteiger partial charge in [-0.05, 0) is 33.1 Å². The van der Waals surface area contributed by atoms with Crippen LogP contribution in [0.4, 0.5) is 0 Å². The zero-order chi connectivity index (χ0) is 14.3. The zero-order valence-electron chi connectivity index (χ0n) is 11.7. The highest BCUT2D eigenvalue weighted by atomic mass is 31.2. The molecule has 1 saturated heterocycles. The van der Waals surface area contributed by atoms with E-state index in [2.05, 4.69) is 0 Å². The van der Waals surface area contributed by atoms with E-state index in [0.29, 0.717) is 6.54 Å². The molecule has 0 spiro atoms. The van der Waals surface area contributed by atoms with E-state index < -0.39 is 7.60 Å². The van der Waals surface area contributed by atoms with Gasteiger partial charge in [0.25, 0.3) is 0 Å². The molecular weight excluding hydrogens is 269 g/mol. The maximum atomic E-state index is 12.3. The van der Waals surface area contributed by atoms with E-state index in [-0.39, 0.29) is 37.9 Å². The number of nitrogens with zero attached hydrogens (tertiary/aromatic N) is 1. The molecule has 1 amide bonds. The monoisotopic (exact) mass is 293 g/mol. The standard InChI is InChI=1S/C12H24NO5P/c1-3-17-19(16,18-4-2)10-12(15)13-8-6-5-7-11(13)9-14/h11,14H,3-10H2,1-2H3. The first-order chi connectivity index (χ1) is 9.06. The van der Waals surface area contributed by atoms with Crippen molar-refractivity contribution in [1.29, 1.82) is 0 Å². The SMILES string of the molecule is CCOP(=O)(CC(=O)N1CCCCC1CO)OCC. The summed E-state index contributed by atoms with van der Waals surface area (Å²) in [4.78, 5) is 13.8. The van der Waals surface area contributed by atoms with Crippen LogP contribution in [0.2, 0.25) is 0 Å². The average Bonchev–Trinajstić information content (AvgIpc) is 2.38. The quantitative estimate of drug-likeness (QED) is 0.722. The Morgan fingerprint density at radius 3 is 2.47 bits per heavy atom. The topological polar surface area (TPSA) is 76.1 Å². The van der Waals surface area contributed by atoms with Crippen LogP contribution >= 0.6 is 7.60 Å². The number of amides is 1. The lowest BCUT2D eigenvalue weighted by Gasteiger charge is -2.35. The number of aliphatic hydroxyl groups is 1. The van der Waals surface area contributed by atoms with Crippen LogP contribution in [0.5, 0.6) is 0 Å². The molecule has 0 aromatic carbocycles. The molecule has 1 N–H and O–H groups in total. The molecule has 7 heteroatoms. The third kappa shape index (κ3) is 4.88. The molecule has 19 heavy (non-hydrogen) atoms. The van der Waals surface area contributed by atoms with Gasteiger partial charge in [-0.1, -0.05) is 0 Å². The molecule has 1 unspecified atom stereocenters. The van der Waals surface area contributed by atoms with E-state index in [9.17, 15) is 14.5 Å². The summed E-state index contributed by atoms with van der Waals surface area (Å²) in [6.45, 7) is 4.46. The molecule has 1 heterocycles. The van der Waals surface area contributed by atoms with Crippen LogP contribution in [0.25, 0.3) is 0 Å². The normalized spacial score (nSPS) is 20.6. The third-order valence-corrected chi connectivity index (χ3v) is 5.10. The van der Waals surface area contributed by atoms with E-state index in [1.54, 1.807) is 18.7 Å². The Bertz CT molecular complexity index is 326. The summed E-state index contributed by atoms with van der Waals surface area (Å²) in [5.74, 6) is -0.260. The Hall–Kier alpha value is -0.420. The minimum atomic E-state index is -3.35. The van der Waals surface area contributed by atoms with Gasteiger partial charge in [0, 0.05) is 6.54 Å². The molecule has 1 atom stereocenters. The lowest BCUT2D eigenvalue weighted by molar-refractivity contribution is -0.133. The number of carbonyl (C=O) groups is 1. The van der Waals surface area contributed by atoms with E-state index in [0.717, 1.165) is 19.3 Å². The predicted octanol–water partition coefficient (Wildman–Crippen LogP) is 1.63. The Morgan fingerprint density at radius 1 is 1.32 bits per heavy atom. The summed E-state index contributed by atoms with van der Waals surface area (Å²) in [5, 5.41) is 9.29. The van der Waals surface area contributed by atoms with Gasteiger partial charge >= 0.3 is 7.60 Å².